The van der Waals surface area contributed by atoms with E-state index in [-0.39, 0.29) is 22.2 Å². The molecular formula is C16H13N5O4S. The van der Waals surface area contributed by atoms with Gasteiger partial charge in [-0.1, -0.05) is 6.07 Å². The minimum Gasteiger partial charge on any atom is -0.332 e. The number of nitriles is 1. The van der Waals surface area contributed by atoms with Crippen LogP contribution in [-0.2, 0) is 16.9 Å². The molecule has 0 N–H and O–H groups in total. The molecule has 3 rings (SSSR count). The molecule has 0 saturated heterocycles. The molecule has 3 aromatic heterocycles. The summed E-state index contributed by atoms with van der Waals surface area (Å²) in [6, 6.07) is 6.35. The molecule has 0 saturated carbocycles. The van der Waals surface area contributed by atoms with E-state index < -0.39 is 27.3 Å². The fourth-order valence-corrected chi connectivity index (χ4v) is 3.33. The van der Waals surface area contributed by atoms with Gasteiger partial charge in [0.1, 0.15) is 5.69 Å². The number of nitrogens with zero attached hydrogens (tertiary/aromatic N) is 5. The number of hydrogen-bond donors (Lipinski definition) is 0. The lowest BCUT2D eigenvalue weighted by Crippen LogP contribution is -2.25. The molecule has 0 aliphatic rings. The zero-order chi connectivity index (χ0) is 19.1. The number of sulfone groups is 1. The summed E-state index contributed by atoms with van der Waals surface area (Å²) in [6.07, 6.45) is 5.29. The van der Waals surface area contributed by atoms with Gasteiger partial charge in [0.2, 0.25) is 26.6 Å². The first-order valence-electron chi connectivity index (χ1n) is 7.38. The molecule has 0 aliphatic heterocycles. The molecule has 0 bridgehead atoms. The quantitative estimate of drug-likeness (QED) is 0.476. The second-order valence-corrected chi connectivity index (χ2v) is 7.53. The Hall–Kier alpha value is -3.32. The highest BCUT2D eigenvalue weighted by atomic mass is 32.2. The topological polar surface area (TPSA) is 127 Å². The third-order valence-electron chi connectivity index (χ3n) is 3.78. The lowest BCUT2D eigenvalue weighted by Gasteiger charge is -2.06. The van der Waals surface area contributed by atoms with Crippen LogP contribution in [0.25, 0.3) is 5.52 Å². The lowest BCUT2D eigenvalue weighted by molar-refractivity contribution is 0.0836. The number of carbonyl (C=O) groups excluding carboxylic acids is 2. The summed E-state index contributed by atoms with van der Waals surface area (Å²) in [5, 5.41) is 9.04. The second kappa shape index (κ2) is 6.20. The van der Waals surface area contributed by atoms with E-state index in [0.717, 1.165) is 6.26 Å². The van der Waals surface area contributed by atoms with Gasteiger partial charge < -0.3 is 4.57 Å². The predicted octanol–water partition coefficient (Wildman–Crippen LogP) is 0.677. The molecule has 1 atom stereocenters. The summed E-state index contributed by atoms with van der Waals surface area (Å²) in [5.74, 6) is -3.37. The lowest BCUT2D eigenvalue weighted by atomic mass is 9.97. The summed E-state index contributed by atoms with van der Waals surface area (Å²) in [4.78, 5) is 33.1. The molecule has 10 heteroatoms. The van der Waals surface area contributed by atoms with E-state index in [2.05, 4.69) is 9.97 Å². The fourth-order valence-electron chi connectivity index (χ4n) is 2.56. The van der Waals surface area contributed by atoms with Crippen LogP contribution in [0.15, 0.2) is 41.9 Å². The minimum absolute atomic E-state index is 0.0447. The van der Waals surface area contributed by atoms with Crippen molar-refractivity contribution in [3.63, 3.8) is 0 Å². The van der Waals surface area contributed by atoms with Gasteiger partial charge in [-0.05, 0) is 12.1 Å². The van der Waals surface area contributed by atoms with E-state index >= 15 is 0 Å². The molecule has 132 valence electrons. The highest BCUT2D eigenvalue weighted by molar-refractivity contribution is 7.90. The number of fused-ring (bicyclic) bond motifs is 1. The highest BCUT2D eigenvalue weighted by Gasteiger charge is 2.34. The van der Waals surface area contributed by atoms with Crippen molar-refractivity contribution in [2.45, 2.75) is 5.16 Å². The van der Waals surface area contributed by atoms with Crippen LogP contribution in [-0.4, -0.2) is 45.2 Å². The third kappa shape index (κ3) is 2.78. The molecule has 0 radical (unpaired) electrons. The van der Waals surface area contributed by atoms with Crippen LogP contribution in [0.2, 0.25) is 0 Å². The largest absolute Gasteiger partial charge is 0.332 e. The molecule has 0 aromatic carbocycles. The van der Waals surface area contributed by atoms with Gasteiger partial charge in [-0.15, -0.1) is 0 Å². The Morgan fingerprint density at radius 1 is 1.23 bits per heavy atom. The zero-order valence-electron chi connectivity index (χ0n) is 13.8. The first kappa shape index (κ1) is 17.5. The van der Waals surface area contributed by atoms with Crippen molar-refractivity contribution in [3.05, 3.63) is 48.3 Å². The van der Waals surface area contributed by atoms with Crippen molar-refractivity contribution in [1.29, 1.82) is 5.26 Å². The maximum absolute atomic E-state index is 12.8. The number of hydrogen-bond acceptors (Lipinski definition) is 7. The Kier molecular flexibility index (Phi) is 4.17. The standard InChI is InChI=1S/C16H13N5O4S/c1-20-8-6-18-15(20)14(23)10(9-17)13(22)12-11-5-3-4-7-21(11)16(19-12)26(2,24)25/h3-8,10H,1-2H3/t10-/m0/s1. The Morgan fingerprint density at radius 3 is 2.54 bits per heavy atom. The Balaban J connectivity index is 2.14. The van der Waals surface area contributed by atoms with Gasteiger partial charge in [-0.25, -0.2) is 18.4 Å². The van der Waals surface area contributed by atoms with Gasteiger partial charge in [0.15, 0.2) is 11.7 Å². The van der Waals surface area contributed by atoms with E-state index in [0.29, 0.717) is 0 Å². The Bertz CT molecular complexity index is 1180. The molecule has 26 heavy (non-hydrogen) atoms. The molecule has 0 aliphatic carbocycles. The van der Waals surface area contributed by atoms with Gasteiger partial charge in [-0.3, -0.25) is 14.0 Å². The minimum atomic E-state index is -3.73. The number of aromatic nitrogens is 4. The highest BCUT2D eigenvalue weighted by Crippen LogP contribution is 2.21. The van der Waals surface area contributed by atoms with Gasteiger partial charge in [0, 0.05) is 31.9 Å². The van der Waals surface area contributed by atoms with Gasteiger partial charge in [0.05, 0.1) is 11.6 Å². The average Bonchev–Trinajstić information content (AvgIpc) is 3.18. The van der Waals surface area contributed by atoms with Crippen LogP contribution in [0.3, 0.4) is 0 Å². The summed E-state index contributed by atoms with van der Waals surface area (Å²) in [5.41, 5.74) is -0.0500. The number of pyridine rings is 1. The maximum atomic E-state index is 12.8. The molecule has 0 amide bonds. The molecule has 3 heterocycles. The number of aryl methyl sites for hydroxylation is 1. The predicted molar refractivity (Wildman–Crippen MR) is 89.3 cm³/mol. The number of Topliss-reactive ketones (excluding diaryl/α,β-unsaturated/α-hetero) is 2. The van der Waals surface area contributed by atoms with Crippen LogP contribution >= 0.6 is 0 Å². The first-order valence-corrected chi connectivity index (χ1v) is 9.27. The smallest absolute Gasteiger partial charge is 0.232 e. The van der Waals surface area contributed by atoms with E-state index in [1.165, 1.54) is 33.6 Å². The van der Waals surface area contributed by atoms with E-state index in [1.54, 1.807) is 25.2 Å². The number of ketones is 2. The monoisotopic (exact) mass is 371 g/mol. The summed E-state index contributed by atoms with van der Waals surface area (Å²) in [6.45, 7) is 0. The molecule has 0 spiro atoms. The van der Waals surface area contributed by atoms with Gasteiger partial charge >= 0.3 is 0 Å². The Morgan fingerprint density at radius 2 is 1.96 bits per heavy atom. The summed E-state index contributed by atoms with van der Waals surface area (Å²) < 4.78 is 26.5. The number of imidazole rings is 2. The average molecular weight is 371 g/mol. The van der Waals surface area contributed by atoms with Crippen molar-refractivity contribution in [1.82, 2.24) is 18.9 Å². The first-order chi connectivity index (χ1) is 12.3. The maximum Gasteiger partial charge on any atom is 0.232 e. The SMILES string of the molecule is Cn1ccnc1C(=O)[C@@H](C#N)C(=O)c1nc(S(C)(=O)=O)n2ccccc12. The zero-order valence-corrected chi connectivity index (χ0v) is 14.6. The summed E-state index contributed by atoms with van der Waals surface area (Å²) in [7, 11) is -2.17. The van der Waals surface area contributed by atoms with E-state index in [4.69, 9.17) is 0 Å². The molecule has 0 unspecified atom stereocenters. The second-order valence-electron chi connectivity index (χ2n) is 5.62. The molecule has 3 aromatic rings. The van der Waals surface area contributed by atoms with Crippen LogP contribution in [0.1, 0.15) is 21.1 Å². The van der Waals surface area contributed by atoms with Crippen molar-refractivity contribution in [2.75, 3.05) is 6.26 Å². The van der Waals surface area contributed by atoms with E-state index in [9.17, 15) is 23.3 Å². The normalized spacial score (nSPS) is 12.7. The van der Waals surface area contributed by atoms with Crippen LogP contribution in [0, 0.1) is 17.2 Å². The third-order valence-corrected chi connectivity index (χ3v) is 4.73. The molecule has 0 fully saturated rings. The molecular weight excluding hydrogens is 358 g/mol. The number of carbonyl (C=O) groups is 2. The van der Waals surface area contributed by atoms with Crippen LogP contribution < -0.4 is 0 Å². The molecule has 9 nitrogen and oxygen atoms in total. The van der Waals surface area contributed by atoms with Gasteiger partial charge in [-0.2, -0.15) is 5.26 Å². The fraction of sp³-hybridized carbons (Fsp3) is 0.188. The van der Waals surface area contributed by atoms with Crippen molar-refractivity contribution in [2.24, 2.45) is 13.0 Å². The number of rotatable bonds is 5. The van der Waals surface area contributed by atoms with Crippen molar-refractivity contribution < 1.29 is 18.0 Å². The van der Waals surface area contributed by atoms with Crippen LogP contribution in [0.4, 0.5) is 0 Å². The Labute approximate surface area is 148 Å². The van der Waals surface area contributed by atoms with Gasteiger partial charge in [0.25, 0.3) is 0 Å². The van der Waals surface area contributed by atoms with Crippen LogP contribution in [0.5, 0.6) is 0 Å². The summed E-state index contributed by atoms with van der Waals surface area (Å²) >= 11 is 0. The van der Waals surface area contributed by atoms with Crippen molar-refractivity contribution in [3.8, 4) is 6.07 Å². The van der Waals surface area contributed by atoms with E-state index in [1.807, 2.05) is 0 Å². The van der Waals surface area contributed by atoms with Crippen molar-refractivity contribution >= 4 is 26.9 Å².